The Bertz CT molecular complexity index is 303. The van der Waals surface area contributed by atoms with Crippen LogP contribution in [0.1, 0.15) is 28.8 Å². The number of ether oxygens (including phenoxy) is 1. The molecule has 1 atom stereocenters. The van der Waals surface area contributed by atoms with Crippen molar-refractivity contribution in [1.29, 1.82) is 0 Å². The van der Waals surface area contributed by atoms with Crippen molar-refractivity contribution >= 4 is 15.9 Å². The molecule has 15 heavy (non-hydrogen) atoms. The van der Waals surface area contributed by atoms with Gasteiger partial charge in [0.1, 0.15) is 0 Å². The summed E-state index contributed by atoms with van der Waals surface area (Å²) in [7, 11) is 1.75. The van der Waals surface area contributed by atoms with E-state index in [1.165, 1.54) is 24.0 Å². The molecule has 0 saturated heterocycles. The molecule has 0 bridgehead atoms. The minimum atomic E-state index is 0.564. The maximum atomic E-state index is 5.06. The average molecular weight is 269 g/mol. The molecule has 0 amide bonds. The molecule has 0 spiro atoms. The molecule has 2 heteroatoms. The van der Waals surface area contributed by atoms with Gasteiger partial charge in [-0.3, -0.25) is 0 Å². The third-order valence-corrected chi connectivity index (χ3v) is 4.21. The third-order valence-electron chi connectivity index (χ3n) is 2.93. The first-order valence-electron chi connectivity index (χ1n) is 5.53. The predicted octanol–water partition coefficient (Wildman–Crippen LogP) is 3.72. The van der Waals surface area contributed by atoms with E-state index in [1.807, 2.05) is 0 Å². The normalized spacial score (nSPS) is 17.7. The molecule has 82 valence electrons. The molecule has 1 aromatic rings. The van der Waals surface area contributed by atoms with Gasteiger partial charge in [-0.25, -0.2) is 0 Å². The Kier molecular flexibility index (Phi) is 3.81. The minimum absolute atomic E-state index is 0.564. The summed E-state index contributed by atoms with van der Waals surface area (Å²) in [5.74, 6) is 0.870. The lowest BCUT2D eigenvalue weighted by molar-refractivity contribution is 0.202. The second-order valence-electron chi connectivity index (χ2n) is 4.22. The summed E-state index contributed by atoms with van der Waals surface area (Å²) in [5, 5.41) is 0. The van der Waals surface area contributed by atoms with Gasteiger partial charge in [0.15, 0.2) is 0 Å². The molecule has 1 aromatic carbocycles. The van der Waals surface area contributed by atoms with Gasteiger partial charge in [-0.1, -0.05) is 40.2 Å². The quantitative estimate of drug-likeness (QED) is 0.740. The lowest BCUT2D eigenvalue weighted by Gasteiger charge is -2.09. The Morgan fingerprint density at radius 1 is 1.33 bits per heavy atom. The molecule has 0 radical (unpaired) electrons. The van der Waals surface area contributed by atoms with Crippen molar-refractivity contribution in [3.05, 3.63) is 35.4 Å². The van der Waals surface area contributed by atoms with Crippen LogP contribution in [-0.4, -0.2) is 13.7 Å². The number of hydrogen-bond acceptors (Lipinski definition) is 1. The van der Waals surface area contributed by atoms with Crippen molar-refractivity contribution < 1.29 is 4.74 Å². The molecule has 1 aliphatic carbocycles. The van der Waals surface area contributed by atoms with Crippen LogP contribution in [0.5, 0.6) is 0 Å². The summed E-state index contributed by atoms with van der Waals surface area (Å²) >= 11 is 3.77. The molecular weight excluding hydrogens is 252 g/mol. The molecule has 0 N–H and O–H groups in total. The van der Waals surface area contributed by atoms with Gasteiger partial charge in [-0.15, -0.1) is 0 Å². The van der Waals surface area contributed by atoms with E-state index in [4.69, 9.17) is 4.74 Å². The van der Waals surface area contributed by atoms with E-state index in [0.29, 0.717) is 4.83 Å². The lowest BCUT2D eigenvalue weighted by Crippen LogP contribution is -1.96. The van der Waals surface area contributed by atoms with Crippen LogP contribution >= 0.6 is 15.9 Å². The van der Waals surface area contributed by atoms with Gasteiger partial charge >= 0.3 is 0 Å². The second-order valence-corrected chi connectivity index (χ2v) is 5.21. The van der Waals surface area contributed by atoms with Crippen LogP contribution in [-0.2, 0) is 11.2 Å². The fourth-order valence-electron chi connectivity index (χ4n) is 1.75. The maximum absolute atomic E-state index is 5.06. The summed E-state index contributed by atoms with van der Waals surface area (Å²) in [5.41, 5.74) is 2.77. The highest BCUT2D eigenvalue weighted by Crippen LogP contribution is 2.46. The Hall–Kier alpha value is -0.340. The van der Waals surface area contributed by atoms with Crippen LogP contribution in [0.4, 0.5) is 0 Å². The molecule has 0 aliphatic heterocycles. The monoisotopic (exact) mass is 268 g/mol. The summed E-state index contributed by atoms with van der Waals surface area (Å²) < 4.78 is 5.06. The lowest BCUT2D eigenvalue weighted by atomic mass is 10.1. The van der Waals surface area contributed by atoms with Crippen LogP contribution in [0.15, 0.2) is 24.3 Å². The smallest absolute Gasteiger partial charge is 0.0502 e. The fourth-order valence-corrected chi connectivity index (χ4v) is 2.58. The molecule has 1 saturated carbocycles. The SMILES string of the molecule is COCCc1ccc(C(Br)C2CC2)cc1. The first kappa shape index (κ1) is 11.2. The number of hydrogen-bond donors (Lipinski definition) is 0. The van der Waals surface area contributed by atoms with E-state index in [9.17, 15) is 0 Å². The number of halogens is 1. The maximum Gasteiger partial charge on any atom is 0.0502 e. The number of alkyl halides is 1. The topological polar surface area (TPSA) is 9.23 Å². The highest BCUT2D eigenvalue weighted by atomic mass is 79.9. The summed E-state index contributed by atoms with van der Waals surface area (Å²) in [6.45, 7) is 0.805. The van der Waals surface area contributed by atoms with Crippen molar-refractivity contribution in [2.45, 2.75) is 24.1 Å². The largest absolute Gasteiger partial charge is 0.384 e. The third kappa shape index (κ3) is 3.05. The van der Waals surface area contributed by atoms with E-state index < -0.39 is 0 Å². The van der Waals surface area contributed by atoms with E-state index in [2.05, 4.69) is 40.2 Å². The Balaban J connectivity index is 1.96. The molecule has 1 unspecified atom stereocenters. The number of methoxy groups -OCH3 is 1. The molecule has 2 rings (SSSR count). The number of rotatable bonds is 5. The van der Waals surface area contributed by atoms with Gasteiger partial charge in [-0.05, 0) is 36.3 Å². The predicted molar refractivity (Wildman–Crippen MR) is 66.4 cm³/mol. The van der Waals surface area contributed by atoms with Gasteiger partial charge in [0, 0.05) is 11.9 Å². The zero-order valence-corrected chi connectivity index (χ0v) is 10.7. The summed E-state index contributed by atoms with van der Waals surface area (Å²) in [6, 6.07) is 8.90. The van der Waals surface area contributed by atoms with E-state index in [-0.39, 0.29) is 0 Å². The van der Waals surface area contributed by atoms with Crippen molar-refractivity contribution in [3.8, 4) is 0 Å². The van der Waals surface area contributed by atoms with Gasteiger partial charge in [-0.2, -0.15) is 0 Å². The van der Waals surface area contributed by atoms with Gasteiger partial charge in [0.2, 0.25) is 0 Å². The second kappa shape index (κ2) is 5.13. The minimum Gasteiger partial charge on any atom is -0.384 e. The van der Waals surface area contributed by atoms with Crippen LogP contribution in [0.3, 0.4) is 0 Å². The number of benzene rings is 1. The molecule has 0 heterocycles. The van der Waals surface area contributed by atoms with Crippen LogP contribution in [0, 0.1) is 5.92 Å². The summed E-state index contributed by atoms with van der Waals surface area (Å²) in [4.78, 5) is 0.564. The highest BCUT2D eigenvalue weighted by molar-refractivity contribution is 9.09. The average Bonchev–Trinajstić information content (AvgIpc) is 3.10. The first-order chi connectivity index (χ1) is 7.31. The van der Waals surface area contributed by atoms with Crippen LogP contribution in [0.25, 0.3) is 0 Å². The molecule has 1 aliphatic rings. The van der Waals surface area contributed by atoms with Crippen molar-refractivity contribution in [3.63, 3.8) is 0 Å². The molecule has 1 nitrogen and oxygen atoms in total. The van der Waals surface area contributed by atoms with Crippen LogP contribution < -0.4 is 0 Å². The zero-order chi connectivity index (χ0) is 10.7. The Morgan fingerprint density at radius 3 is 2.53 bits per heavy atom. The first-order valence-corrected chi connectivity index (χ1v) is 6.44. The van der Waals surface area contributed by atoms with Crippen molar-refractivity contribution in [2.75, 3.05) is 13.7 Å². The molecular formula is C13H17BrO. The highest BCUT2D eigenvalue weighted by Gasteiger charge is 2.30. The zero-order valence-electron chi connectivity index (χ0n) is 9.08. The summed E-state index contributed by atoms with van der Waals surface area (Å²) in [6.07, 6.45) is 3.76. The van der Waals surface area contributed by atoms with E-state index in [1.54, 1.807) is 7.11 Å². The molecule has 0 aromatic heterocycles. The van der Waals surface area contributed by atoms with Gasteiger partial charge in [0.25, 0.3) is 0 Å². The van der Waals surface area contributed by atoms with Gasteiger partial charge < -0.3 is 4.74 Å². The van der Waals surface area contributed by atoms with E-state index >= 15 is 0 Å². The van der Waals surface area contributed by atoms with E-state index in [0.717, 1.165) is 18.9 Å². The van der Waals surface area contributed by atoms with Crippen molar-refractivity contribution in [1.82, 2.24) is 0 Å². The fraction of sp³-hybridized carbons (Fsp3) is 0.538. The van der Waals surface area contributed by atoms with Gasteiger partial charge in [0.05, 0.1) is 6.61 Å². The molecule has 1 fully saturated rings. The van der Waals surface area contributed by atoms with Crippen LogP contribution in [0.2, 0.25) is 0 Å². The van der Waals surface area contributed by atoms with Crippen molar-refractivity contribution in [2.24, 2.45) is 5.92 Å². The standard InChI is InChI=1S/C13H17BrO/c1-15-9-8-10-2-4-11(5-3-10)13(14)12-6-7-12/h2-5,12-13H,6-9H2,1H3. The Labute approximate surface area is 100.0 Å². The Morgan fingerprint density at radius 2 is 2.00 bits per heavy atom.